The second-order valence-electron chi connectivity index (χ2n) is 4.27. The third-order valence-electron chi connectivity index (χ3n) is 1.51. The van der Waals surface area contributed by atoms with E-state index < -0.39 is 5.41 Å². The summed E-state index contributed by atoms with van der Waals surface area (Å²) in [6.45, 7) is 9.25. The number of carbonyl (C=O) groups is 1. The quantitative estimate of drug-likeness (QED) is 0.457. The van der Waals surface area contributed by atoms with E-state index in [-0.39, 0.29) is 17.7 Å². The molecule has 0 rings (SSSR count). The lowest BCUT2D eigenvalue weighted by atomic mass is 9.95. The Bertz CT molecular complexity index is 189. The van der Waals surface area contributed by atoms with Gasteiger partial charge in [0, 0.05) is 11.3 Å². The van der Waals surface area contributed by atoms with Gasteiger partial charge in [0.15, 0.2) is 0 Å². The van der Waals surface area contributed by atoms with Crippen molar-refractivity contribution in [1.29, 1.82) is 5.41 Å². The zero-order chi connectivity index (χ0) is 9.94. The summed E-state index contributed by atoms with van der Waals surface area (Å²) in [6.07, 6.45) is 0. The lowest BCUT2D eigenvalue weighted by Crippen LogP contribution is -2.40. The molecule has 0 radical (unpaired) electrons. The molecule has 2 N–H and O–H groups in total. The lowest BCUT2D eigenvalue weighted by Gasteiger charge is -2.19. The van der Waals surface area contributed by atoms with Gasteiger partial charge in [-0.15, -0.1) is 0 Å². The molecule has 0 fully saturated rings. The SMILES string of the molecule is CC(C)C(=N)NC(=O)C(C)(C)C. The van der Waals surface area contributed by atoms with E-state index in [9.17, 15) is 4.79 Å². The molecular weight excluding hydrogens is 152 g/mol. The molecule has 0 aliphatic carbocycles. The van der Waals surface area contributed by atoms with E-state index in [2.05, 4.69) is 5.32 Å². The molecule has 0 spiro atoms. The predicted molar refractivity (Wildman–Crippen MR) is 50.2 cm³/mol. The van der Waals surface area contributed by atoms with Gasteiger partial charge in [0.2, 0.25) is 5.91 Å². The van der Waals surface area contributed by atoms with Crippen LogP contribution in [0.3, 0.4) is 0 Å². The standard InChI is InChI=1S/C9H18N2O/c1-6(2)7(10)11-8(12)9(3,4)5/h6H,1-5H3,(H2,10,11,12). The van der Waals surface area contributed by atoms with E-state index >= 15 is 0 Å². The van der Waals surface area contributed by atoms with Crippen LogP contribution in [0.4, 0.5) is 0 Å². The first-order valence-corrected chi connectivity index (χ1v) is 4.15. The van der Waals surface area contributed by atoms with Crippen molar-refractivity contribution in [3.05, 3.63) is 0 Å². The highest BCUT2D eigenvalue weighted by Gasteiger charge is 2.22. The maximum absolute atomic E-state index is 11.3. The summed E-state index contributed by atoms with van der Waals surface area (Å²) in [6, 6.07) is 0. The van der Waals surface area contributed by atoms with Crippen molar-refractivity contribution in [1.82, 2.24) is 5.32 Å². The van der Waals surface area contributed by atoms with Gasteiger partial charge in [0.25, 0.3) is 0 Å². The highest BCUT2D eigenvalue weighted by molar-refractivity contribution is 5.99. The number of hydrogen-bond acceptors (Lipinski definition) is 2. The minimum Gasteiger partial charge on any atom is -0.314 e. The number of rotatable bonds is 1. The highest BCUT2D eigenvalue weighted by atomic mass is 16.2. The van der Waals surface area contributed by atoms with Crippen LogP contribution in [0.15, 0.2) is 0 Å². The summed E-state index contributed by atoms with van der Waals surface area (Å²) in [7, 11) is 0. The molecule has 0 bridgehead atoms. The van der Waals surface area contributed by atoms with Crippen molar-refractivity contribution < 1.29 is 4.79 Å². The maximum atomic E-state index is 11.3. The van der Waals surface area contributed by atoms with Gasteiger partial charge in [0.05, 0.1) is 0 Å². The fourth-order valence-corrected chi connectivity index (χ4v) is 0.454. The average Bonchev–Trinajstić information content (AvgIpc) is 1.85. The number of nitrogens with one attached hydrogen (secondary N) is 2. The van der Waals surface area contributed by atoms with Gasteiger partial charge in [-0.3, -0.25) is 10.2 Å². The van der Waals surface area contributed by atoms with Gasteiger partial charge in [0.1, 0.15) is 5.84 Å². The number of hydrogen-bond donors (Lipinski definition) is 2. The summed E-state index contributed by atoms with van der Waals surface area (Å²) in [5.74, 6) is 0.271. The Morgan fingerprint density at radius 1 is 1.33 bits per heavy atom. The van der Waals surface area contributed by atoms with E-state index in [0.717, 1.165) is 0 Å². The summed E-state index contributed by atoms with van der Waals surface area (Å²) < 4.78 is 0. The van der Waals surface area contributed by atoms with Crippen LogP contribution in [0.1, 0.15) is 34.6 Å². The Morgan fingerprint density at radius 3 is 2.00 bits per heavy atom. The number of carbonyl (C=O) groups excluding carboxylic acids is 1. The molecule has 0 unspecified atom stereocenters. The Morgan fingerprint density at radius 2 is 1.75 bits per heavy atom. The molecular formula is C9H18N2O. The molecule has 3 nitrogen and oxygen atoms in total. The van der Waals surface area contributed by atoms with Crippen LogP contribution in [0.25, 0.3) is 0 Å². The molecule has 1 amide bonds. The second kappa shape index (κ2) is 3.70. The van der Waals surface area contributed by atoms with Crippen molar-refractivity contribution in [2.24, 2.45) is 11.3 Å². The third kappa shape index (κ3) is 3.51. The van der Waals surface area contributed by atoms with Crippen LogP contribution < -0.4 is 5.32 Å². The third-order valence-corrected chi connectivity index (χ3v) is 1.51. The lowest BCUT2D eigenvalue weighted by molar-refractivity contribution is -0.127. The van der Waals surface area contributed by atoms with Gasteiger partial charge in [-0.1, -0.05) is 34.6 Å². The molecule has 70 valence electrons. The zero-order valence-corrected chi connectivity index (χ0v) is 8.49. The van der Waals surface area contributed by atoms with Crippen molar-refractivity contribution in [2.75, 3.05) is 0 Å². The largest absolute Gasteiger partial charge is 0.314 e. The first kappa shape index (κ1) is 11.1. The topological polar surface area (TPSA) is 53.0 Å². The first-order valence-electron chi connectivity index (χ1n) is 4.15. The molecule has 0 aromatic heterocycles. The van der Waals surface area contributed by atoms with E-state index in [1.54, 1.807) is 0 Å². The molecule has 0 aliphatic rings. The van der Waals surface area contributed by atoms with Gasteiger partial charge in [-0.25, -0.2) is 0 Å². The summed E-state index contributed by atoms with van der Waals surface area (Å²) in [5.41, 5.74) is -0.415. The van der Waals surface area contributed by atoms with Gasteiger partial charge in [-0.05, 0) is 0 Å². The van der Waals surface area contributed by atoms with Crippen LogP contribution in [-0.2, 0) is 4.79 Å². The minimum atomic E-state index is -0.415. The van der Waals surface area contributed by atoms with Crippen LogP contribution in [0.5, 0.6) is 0 Å². The molecule has 0 aromatic carbocycles. The Labute approximate surface area is 74.1 Å². The fourth-order valence-electron chi connectivity index (χ4n) is 0.454. The van der Waals surface area contributed by atoms with E-state index in [4.69, 9.17) is 5.41 Å². The Hall–Kier alpha value is -0.860. The Balaban J connectivity index is 4.12. The van der Waals surface area contributed by atoms with Crippen LogP contribution in [-0.4, -0.2) is 11.7 Å². The molecule has 0 heterocycles. The van der Waals surface area contributed by atoms with Gasteiger partial charge < -0.3 is 5.32 Å². The zero-order valence-electron chi connectivity index (χ0n) is 8.49. The van der Waals surface area contributed by atoms with Gasteiger partial charge >= 0.3 is 0 Å². The van der Waals surface area contributed by atoms with Crippen molar-refractivity contribution >= 4 is 11.7 Å². The van der Waals surface area contributed by atoms with E-state index in [1.165, 1.54) is 0 Å². The smallest absolute Gasteiger partial charge is 0.230 e. The van der Waals surface area contributed by atoms with E-state index in [1.807, 2.05) is 34.6 Å². The summed E-state index contributed by atoms with van der Waals surface area (Å²) in [5, 5.41) is 9.99. The van der Waals surface area contributed by atoms with Crippen molar-refractivity contribution in [2.45, 2.75) is 34.6 Å². The van der Waals surface area contributed by atoms with Crippen LogP contribution >= 0.6 is 0 Å². The Kier molecular flexibility index (Phi) is 3.43. The van der Waals surface area contributed by atoms with Crippen molar-refractivity contribution in [3.63, 3.8) is 0 Å². The van der Waals surface area contributed by atoms with E-state index in [0.29, 0.717) is 0 Å². The molecule has 0 aliphatic heterocycles. The first-order chi connectivity index (χ1) is 5.25. The normalized spacial score (nSPS) is 11.5. The molecule has 12 heavy (non-hydrogen) atoms. The predicted octanol–water partition coefficient (Wildman–Crippen LogP) is 1.78. The second-order valence-corrected chi connectivity index (χ2v) is 4.27. The monoisotopic (exact) mass is 170 g/mol. The summed E-state index contributed by atoms with van der Waals surface area (Å²) in [4.78, 5) is 11.3. The number of amides is 1. The molecule has 3 heteroatoms. The van der Waals surface area contributed by atoms with Crippen LogP contribution in [0.2, 0.25) is 0 Å². The molecule has 0 aromatic rings. The van der Waals surface area contributed by atoms with Crippen molar-refractivity contribution in [3.8, 4) is 0 Å². The summed E-state index contributed by atoms with van der Waals surface area (Å²) >= 11 is 0. The highest BCUT2D eigenvalue weighted by Crippen LogP contribution is 2.12. The average molecular weight is 170 g/mol. The molecule has 0 atom stereocenters. The van der Waals surface area contributed by atoms with Crippen LogP contribution in [0, 0.1) is 16.7 Å². The molecule has 0 saturated carbocycles. The number of amidine groups is 1. The molecule has 0 saturated heterocycles. The fraction of sp³-hybridized carbons (Fsp3) is 0.778. The maximum Gasteiger partial charge on any atom is 0.230 e. The van der Waals surface area contributed by atoms with Gasteiger partial charge in [-0.2, -0.15) is 0 Å². The minimum absolute atomic E-state index is 0.0799.